The molecule has 0 saturated carbocycles. The van der Waals surface area contributed by atoms with Crippen molar-refractivity contribution < 1.29 is 8.42 Å². The molecule has 0 aromatic carbocycles. The zero-order valence-corrected chi connectivity index (χ0v) is 12.5. The monoisotopic (exact) mass is 307 g/mol. The van der Waals surface area contributed by atoms with Crippen LogP contribution in [0.4, 0.5) is 0 Å². The van der Waals surface area contributed by atoms with Crippen molar-refractivity contribution in [1.82, 2.24) is 9.29 Å². The third kappa shape index (κ3) is 2.88. The summed E-state index contributed by atoms with van der Waals surface area (Å²) < 4.78 is 26.6. The SMILES string of the molecule is CCN(Cc1cccs1)S(=O)(=O)c1cccnc1C#N. The van der Waals surface area contributed by atoms with Gasteiger partial charge in [-0.15, -0.1) is 11.3 Å². The second-order valence-electron chi connectivity index (χ2n) is 3.97. The average molecular weight is 307 g/mol. The standard InChI is InChI=1S/C13H13N3O2S2/c1-2-16(10-11-5-4-8-19-11)20(17,18)13-6-3-7-15-12(13)9-14/h3-8H,2,10H2,1H3. The molecule has 0 saturated heterocycles. The van der Waals surface area contributed by atoms with Crippen LogP contribution in [-0.2, 0) is 16.6 Å². The molecular formula is C13H13N3O2S2. The van der Waals surface area contributed by atoms with Crippen LogP contribution in [-0.4, -0.2) is 24.3 Å². The second kappa shape index (κ2) is 6.13. The number of hydrogen-bond acceptors (Lipinski definition) is 5. The highest BCUT2D eigenvalue weighted by Crippen LogP contribution is 2.21. The van der Waals surface area contributed by atoms with Gasteiger partial charge in [0.25, 0.3) is 0 Å². The smallest absolute Gasteiger partial charge is 0.244 e. The first-order valence-electron chi connectivity index (χ1n) is 5.97. The summed E-state index contributed by atoms with van der Waals surface area (Å²) in [5.74, 6) is 0. The van der Waals surface area contributed by atoms with Crippen molar-refractivity contribution in [3.63, 3.8) is 0 Å². The molecule has 0 bridgehead atoms. The molecule has 2 heterocycles. The zero-order valence-electron chi connectivity index (χ0n) is 10.9. The maximum absolute atomic E-state index is 12.6. The summed E-state index contributed by atoms with van der Waals surface area (Å²) in [5.41, 5.74) is -0.0721. The Morgan fingerprint density at radius 3 is 2.80 bits per heavy atom. The van der Waals surface area contributed by atoms with Crippen LogP contribution in [0.1, 0.15) is 17.5 Å². The topological polar surface area (TPSA) is 74.1 Å². The van der Waals surface area contributed by atoms with Crippen molar-refractivity contribution in [2.75, 3.05) is 6.54 Å². The van der Waals surface area contributed by atoms with Gasteiger partial charge in [0.2, 0.25) is 10.0 Å². The van der Waals surface area contributed by atoms with E-state index in [2.05, 4.69) is 4.98 Å². The van der Waals surface area contributed by atoms with Crippen molar-refractivity contribution in [2.24, 2.45) is 0 Å². The molecule has 0 radical (unpaired) electrons. The molecule has 0 aliphatic heterocycles. The highest BCUT2D eigenvalue weighted by Gasteiger charge is 2.26. The second-order valence-corrected chi connectivity index (χ2v) is 6.91. The molecule has 0 fully saturated rings. The summed E-state index contributed by atoms with van der Waals surface area (Å²) in [7, 11) is -3.71. The minimum absolute atomic E-state index is 0.0408. The first-order valence-corrected chi connectivity index (χ1v) is 8.29. The molecular weight excluding hydrogens is 294 g/mol. The Kier molecular flexibility index (Phi) is 4.49. The lowest BCUT2D eigenvalue weighted by molar-refractivity contribution is 0.426. The predicted octanol–water partition coefficient (Wildman–Crippen LogP) is 2.23. The molecule has 5 nitrogen and oxygen atoms in total. The number of pyridine rings is 1. The van der Waals surface area contributed by atoms with Crippen LogP contribution < -0.4 is 0 Å². The molecule has 0 aliphatic rings. The predicted molar refractivity (Wildman–Crippen MR) is 76.5 cm³/mol. The van der Waals surface area contributed by atoms with Crippen LogP contribution in [0.5, 0.6) is 0 Å². The van der Waals surface area contributed by atoms with E-state index < -0.39 is 10.0 Å². The summed E-state index contributed by atoms with van der Waals surface area (Å²) in [4.78, 5) is 4.73. The van der Waals surface area contributed by atoms with Crippen molar-refractivity contribution in [2.45, 2.75) is 18.4 Å². The quantitative estimate of drug-likeness (QED) is 0.849. The van der Waals surface area contributed by atoms with E-state index in [-0.39, 0.29) is 10.6 Å². The Hall–Kier alpha value is -1.75. The van der Waals surface area contributed by atoms with Crippen molar-refractivity contribution in [1.29, 1.82) is 5.26 Å². The fraction of sp³-hybridized carbons (Fsp3) is 0.231. The largest absolute Gasteiger partial charge is 0.246 e. The van der Waals surface area contributed by atoms with Gasteiger partial charge in [-0.3, -0.25) is 0 Å². The summed E-state index contributed by atoms with van der Waals surface area (Å²) in [6, 6.07) is 8.53. The fourth-order valence-corrected chi connectivity index (χ4v) is 4.09. The third-order valence-corrected chi connectivity index (χ3v) is 5.57. The molecule has 2 aromatic heterocycles. The van der Waals surface area contributed by atoms with Gasteiger partial charge in [0, 0.05) is 24.2 Å². The van der Waals surface area contributed by atoms with Crippen LogP contribution in [0.25, 0.3) is 0 Å². The van der Waals surface area contributed by atoms with Crippen LogP contribution >= 0.6 is 11.3 Å². The summed E-state index contributed by atoms with van der Waals surface area (Å²) in [6.07, 6.45) is 1.41. The van der Waals surface area contributed by atoms with Gasteiger partial charge in [-0.05, 0) is 23.6 Å². The highest BCUT2D eigenvalue weighted by molar-refractivity contribution is 7.89. The number of thiophene rings is 1. The minimum Gasteiger partial charge on any atom is -0.244 e. The van der Waals surface area contributed by atoms with Crippen molar-refractivity contribution >= 4 is 21.4 Å². The maximum Gasteiger partial charge on any atom is 0.246 e. The summed E-state index contributed by atoms with van der Waals surface area (Å²) >= 11 is 1.50. The molecule has 0 spiro atoms. The lowest BCUT2D eigenvalue weighted by Gasteiger charge is -2.20. The molecule has 0 atom stereocenters. The number of sulfonamides is 1. The summed E-state index contributed by atoms with van der Waals surface area (Å²) in [6.45, 7) is 2.41. The molecule has 2 aromatic rings. The lowest BCUT2D eigenvalue weighted by Crippen LogP contribution is -2.30. The number of aromatic nitrogens is 1. The van der Waals surface area contributed by atoms with Gasteiger partial charge < -0.3 is 0 Å². The van der Waals surface area contributed by atoms with E-state index in [9.17, 15) is 8.42 Å². The first kappa shape index (κ1) is 14.7. The van der Waals surface area contributed by atoms with E-state index in [1.165, 1.54) is 34.0 Å². The van der Waals surface area contributed by atoms with Gasteiger partial charge in [-0.25, -0.2) is 13.4 Å². The van der Waals surface area contributed by atoms with Gasteiger partial charge in [0.05, 0.1) is 0 Å². The fourth-order valence-electron chi connectivity index (χ4n) is 1.76. The molecule has 0 unspecified atom stereocenters. The number of nitriles is 1. The molecule has 0 aliphatic carbocycles. The van der Waals surface area contributed by atoms with Crippen molar-refractivity contribution in [3.05, 3.63) is 46.4 Å². The van der Waals surface area contributed by atoms with E-state index in [1.807, 2.05) is 23.6 Å². The third-order valence-electron chi connectivity index (χ3n) is 2.76. The normalized spacial score (nSPS) is 11.4. The molecule has 104 valence electrons. The van der Waals surface area contributed by atoms with Gasteiger partial charge in [0.15, 0.2) is 5.69 Å². The van der Waals surface area contributed by atoms with Crippen LogP contribution in [0.3, 0.4) is 0 Å². The lowest BCUT2D eigenvalue weighted by atomic mass is 10.4. The number of hydrogen-bond donors (Lipinski definition) is 0. The van der Waals surface area contributed by atoms with E-state index in [1.54, 1.807) is 6.92 Å². The molecule has 7 heteroatoms. The molecule has 0 amide bonds. The van der Waals surface area contributed by atoms with Crippen LogP contribution in [0, 0.1) is 11.3 Å². The number of rotatable bonds is 5. The highest BCUT2D eigenvalue weighted by atomic mass is 32.2. The molecule has 2 rings (SSSR count). The van der Waals surface area contributed by atoms with Crippen LogP contribution in [0.2, 0.25) is 0 Å². The Bertz CT molecular complexity index is 718. The Morgan fingerprint density at radius 2 is 2.20 bits per heavy atom. The molecule has 0 N–H and O–H groups in total. The van der Waals surface area contributed by atoms with Gasteiger partial charge in [-0.1, -0.05) is 13.0 Å². The van der Waals surface area contributed by atoms with E-state index in [0.717, 1.165) is 4.88 Å². The zero-order chi connectivity index (χ0) is 14.6. The van der Waals surface area contributed by atoms with E-state index in [4.69, 9.17) is 5.26 Å². The Balaban J connectivity index is 2.39. The van der Waals surface area contributed by atoms with Crippen molar-refractivity contribution in [3.8, 4) is 6.07 Å². The first-order chi connectivity index (χ1) is 9.59. The summed E-state index contributed by atoms with van der Waals surface area (Å²) in [5, 5.41) is 10.9. The van der Waals surface area contributed by atoms with Gasteiger partial charge in [0.1, 0.15) is 11.0 Å². The maximum atomic E-state index is 12.6. The van der Waals surface area contributed by atoms with E-state index >= 15 is 0 Å². The number of nitrogens with zero attached hydrogens (tertiary/aromatic N) is 3. The molecule has 20 heavy (non-hydrogen) atoms. The van der Waals surface area contributed by atoms with Gasteiger partial charge in [-0.2, -0.15) is 9.57 Å². The minimum atomic E-state index is -3.71. The Labute approximate surface area is 122 Å². The average Bonchev–Trinajstić information content (AvgIpc) is 2.97. The Morgan fingerprint density at radius 1 is 1.40 bits per heavy atom. The van der Waals surface area contributed by atoms with Crippen LogP contribution in [0.15, 0.2) is 40.7 Å². The van der Waals surface area contributed by atoms with E-state index in [0.29, 0.717) is 13.1 Å². The van der Waals surface area contributed by atoms with Gasteiger partial charge >= 0.3 is 0 Å².